The number of unbranched alkanes of at least 4 members (excludes halogenated alkanes) is 1. The third-order valence-corrected chi connectivity index (χ3v) is 2.82. The summed E-state index contributed by atoms with van der Waals surface area (Å²) in [5.74, 6) is 0.104. The fraction of sp³-hybridized carbons (Fsp3) is 0.462. The van der Waals surface area contributed by atoms with Crippen molar-refractivity contribution in [1.82, 2.24) is 4.90 Å². The summed E-state index contributed by atoms with van der Waals surface area (Å²) in [7, 11) is 0. The molecule has 1 aromatic carbocycles. The molecular formula is C13H19NOS. The van der Waals surface area contributed by atoms with Crippen molar-refractivity contribution in [2.45, 2.75) is 31.6 Å². The van der Waals surface area contributed by atoms with Gasteiger partial charge in [0.05, 0.1) is 0 Å². The zero-order valence-corrected chi connectivity index (χ0v) is 10.8. The van der Waals surface area contributed by atoms with Crippen LogP contribution in [0.2, 0.25) is 0 Å². The number of benzene rings is 1. The Morgan fingerprint density at radius 1 is 1.38 bits per heavy atom. The van der Waals surface area contributed by atoms with Crippen LogP contribution < -0.4 is 0 Å². The lowest BCUT2D eigenvalue weighted by Gasteiger charge is -2.20. The molecule has 88 valence electrons. The minimum absolute atomic E-state index is 0.104. The number of hydrogen-bond donors (Lipinski definition) is 1. The Morgan fingerprint density at radius 3 is 2.69 bits per heavy atom. The van der Waals surface area contributed by atoms with Gasteiger partial charge < -0.3 is 4.90 Å². The van der Waals surface area contributed by atoms with Crippen LogP contribution in [0.3, 0.4) is 0 Å². The molecule has 0 aliphatic rings. The summed E-state index contributed by atoms with van der Waals surface area (Å²) >= 11 is 4.25. The van der Waals surface area contributed by atoms with Gasteiger partial charge in [0.15, 0.2) is 0 Å². The lowest BCUT2D eigenvalue weighted by molar-refractivity contribution is 0.0762. The summed E-state index contributed by atoms with van der Waals surface area (Å²) in [5, 5.41) is 0. The highest BCUT2D eigenvalue weighted by Crippen LogP contribution is 2.11. The summed E-state index contributed by atoms with van der Waals surface area (Å²) in [6.45, 7) is 5.74. The molecule has 0 atom stereocenters. The molecule has 0 spiro atoms. The van der Waals surface area contributed by atoms with Crippen molar-refractivity contribution >= 4 is 18.5 Å². The first-order chi connectivity index (χ1) is 7.69. The molecule has 3 heteroatoms. The summed E-state index contributed by atoms with van der Waals surface area (Å²) in [6.07, 6.45) is 2.16. The highest BCUT2D eigenvalue weighted by atomic mass is 32.1. The standard InChI is InChI=1S/C13H19NOS/c1-3-5-9-14(4-2)13(15)11-7-6-8-12(16)10-11/h6-8,10,16H,3-5,9H2,1-2H3. The monoisotopic (exact) mass is 237 g/mol. The van der Waals surface area contributed by atoms with Gasteiger partial charge in [-0.05, 0) is 31.5 Å². The molecule has 0 aromatic heterocycles. The smallest absolute Gasteiger partial charge is 0.253 e. The van der Waals surface area contributed by atoms with Crippen LogP contribution in [0.5, 0.6) is 0 Å². The number of carbonyl (C=O) groups excluding carboxylic acids is 1. The molecule has 0 aliphatic heterocycles. The van der Waals surface area contributed by atoms with Crippen LogP contribution in [-0.2, 0) is 0 Å². The largest absolute Gasteiger partial charge is 0.339 e. The second-order valence-corrected chi connectivity index (χ2v) is 4.31. The summed E-state index contributed by atoms with van der Waals surface area (Å²) < 4.78 is 0. The molecule has 1 amide bonds. The van der Waals surface area contributed by atoms with Gasteiger partial charge >= 0.3 is 0 Å². The van der Waals surface area contributed by atoms with E-state index < -0.39 is 0 Å². The minimum atomic E-state index is 0.104. The van der Waals surface area contributed by atoms with E-state index in [1.54, 1.807) is 0 Å². The number of nitrogens with zero attached hydrogens (tertiary/aromatic N) is 1. The van der Waals surface area contributed by atoms with E-state index in [-0.39, 0.29) is 5.91 Å². The summed E-state index contributed by atoms with van der Waals surface area (Å²) in [4.78, 5) is 14.8. The van der Waals surface area contributed by atoms with Crippen LogP contribution in [0.1, 0.15) is 37.0 Å². The van der Waals surface area contributed by atoms with Gasteiger partial charge in [-0.15, -0.1) is 12.6 Å². The van der Waals surface area contributed by atoms with E-state index in [0.717, 1.165) is 36.4 Å². The lowest BCUT2D eigenvalue weighted by Crippen LogP contribution is -2.31. The van der Waals surface area contributed by atoms with E-state index >= 15 is 0 Å². The zero-order valence-electron chi connectivity index (χ0n) is 9.94. The quantitative estimate of drug-likeness (QED) is 0.780. The van der Waals surface area contributed by atoms with Crippen molar-refractivity contribution in [2.75, 3.05) is 13.1 Å². The Bertz CT molecular complexity index is 352. The predicted molar refractivity (Wildman–Crippen MR) is 70.2 cm³/mol. The molecule has 0 unspecified atom stereocenters. The van der Waals surface area contributed by atoms with E-state index in [9.17, 15) is 4.79 Å². The average Bonchev–Trinajstić information content (AvgIpc) is 2.29. The molecule has 2 nitrogen and oxygen atoms in total. The van der Waals surface area contributed by atoms with E-state index in [1.807, 2.05) is 36.1 Å². The van der Waals surface area contributed by atoms with E-state index in [1.165, 1.54) is 0 Å². The first-order valence-corrected chi connectivity index (χ1v) is 6.22. The highest BCUT2D eigenvalue weighted by molar-refractivity contribution is 7.80. The van der Waals surface area contributed by atoms with E-state index in [2.05, 4.69) is 19.6 Å². The maximum atomic E-state index is 12.1. The topological polar surface area (TPSA) is 20.3 Å². The van der Waals surface area contributed by atoms with E-state index in [0.29, 0.717) is 0 Å². The van der Waals surface area contributed by atoms with Gasteiger partial charge in [0, 0.05) is 23.5 Å². The molecule has 0 N–H and O–H groups in total. The second-order valence-electron chi connectivity index (χ2n) is 3.79. The van der Waals surface area contributed by atoms with Gasteiger partial charge in [0.25, 0.3) is 5.91 Å². The maximum Gasteiger partial charge on any atom is 0.253 e. The summed E-state index contributed by atoms with van der Waals surface area (Å²) in [5.41, 5.74) is 0.727. The van der Waals surface area contributed by atoms with Crippen molar-refractivity contribution < 1.29 is 4.79 Å². The molecule has 1 rings (SSSR count). The van der Waals surface area contributed by atoms with Crippen molar-refractivity contribution in [3.05, 3.63) is 29.8 Å². The molecule has 0 saturated heterocycles. The van der Waals surface area contributed by atoms with Gasteiger partial charge in [-0.2, -0.15) is 0 Å². The van der Waals surface area contributed by atoms with Gasteiger partial charge in [0.2, 0.25) is 0 Å². The number of hydrogen-bond acceptors (Lipinski definition) is 2. The van der Waals surface area contributed by atoms with Gasteiger partial charge in [-0.3, -0.25) is 4.79 Å². The van der Waals surface area contributed by atoms with E-state index in [4.69, 9.17) is 0 Å². The van der Waals surface area contributed by atoms with Gasteiger partial charge in [-0.1, -0.05) is 19.4 Å². The zero-order chi connectivity index (χ0) is 12.0. The minimum Gasteiger partial charge on any atom is -0.339 e. The Balaban J connectivity index is 2.74. The Hall–Kier alpha value is -0.960. The third kappa shape index (κ3) is 3.56. The van der Waals surface area contributed by atoms with Crippen LogP contribution in [0.25, 0.3) is 0 Å². The molecule has 0 aliphatic carbocycles. The fourth-order valence-electron chi connectivity index (χ4n) is 1.57. The predicted octanol–water partition coefficient (Wildman–Crippen LogP) is 3.24. The third-order valence-electron chi connectivity index (χ3n) is 2.54. The number of carbonyl (C=O) groups is 1. The normalized spacial score (nSPS) is 10.2. The summed E-state index contributed by atoms with van der Waals surface area (Å²) in [6, 6.07) is 7.40. The van der Waals surface area contributed by atoms with Crippen LogP contribution in [0.15, 0.2) is 29.2 Å². The first-order valence-electron chi connectivity index (χ1n) is 5.77. The average molecular weight is 237 g/mol. The van der Waals surface area contributed by atoms with Crippen LogP contribution in [0, 0.1) is 0 Å². The number of amides is 1. The van der Waals surface area contributed by atoms with Crippen molar-refractivity contribution in [3.63, 3.8) is 0 Å². The number of rotatable bonds is 5. The first kappa shape index (κ1) is 13.1. The Kier molecular flexibility index (Phi) is 5.39. The van der Waals surface area contributed by atoms with Crippen molar-refractivity contribution in [3.8, 4) is 0 Å². The Labute approximate surface area is 103 Å². The molecule has 0 heterocycles. The highest BCUT2D eigenvalue weighted by Gasteiger charge is 2.13. The molecule has 0 radical (unpaired) electrons. The lowest BCUT2D eigenvalue weighted by atomic mass is 10.2. The van der Waals surface area contributed by atoms with Crippen molar-refractivity contribution in [2.24, 2.45) is 0 Å². The molecule has 16 heavy (non-hydrogen) atoms. The molecule has 1 aromatic rings. The van der Waals surface area contributed by atoms with Crippen LogP contribution in [-0.4, -0.2) is 23.9 Å². The molecule has 0 saturated carbocycles. The Morgan fingerprint density at radius 2 is 2.12 bits per heavy atom. The van der Waals surface area contributed by atoms with Crippen molar-refractivity contribution in [1.29, 1.82) is 0 Å². The van der Waals surface area contributed by atoms with Crippen LogP contribution in [0.4, 0.5) is 0 Å². The van der Waals surface area contributed by atoms with Gasteiger partial charge in [-0.25, -0.2) is 0 Å². The second kappa shape index (κ2) is 6.59. The molecular weight excluding hydrogens is 218 g/mol. The fourth-order valence-corrected chi connectivity index (χ4v) is 1.80. The SMILES string of the molecule is CCCCN(CC)C(=O)c1cccc(S)c1. The number of thiol groups is 1. The molecule has 0 bridgehead atoms. The van der Waals surface area contributed by atoms with Crippen LogP contribution >= 0.6 is 12.6 Å². The molecule has 0 fully saturated rings. The van der Waals surface area contributed by atoms with Gasteiger partial charge in [0.1, 0.15) is 0 Å². The maximum absolute atomic E-state index is 12.1.